The van der Waals surface area contributed by atoms with Gasteiger partial charge in [-0.15, -0.1) is 0 Å². The third kappa shape index (κ3) is 4.18. The molecule has 2 aromatic heterocycles. The van der Waals surface area contributed by atoms with Gasteiger partial charge in [-0.1, -0.05) is 0 Å². The summed E-state index contributed by atoms with van der Waals surface area (Å²) in [5.41, 5.74) is 0.557. The third-order valence-electron chi connectivity index (χ3n) is 5.75. The Kier molecular flexibility index (Phi) is 5.21. The number of β-amino-alcohol motifs (C(OH)–C–C–N with tert-alkyl or cyclic N) is 1. The van der Waals surface area contributed by atoms with Gasteiger partial charge in [-0.05, 0) is 73.6 Å². The van der Waals surface area contributed by atoms with Crippen LogP contribution < -0.4 is 0 Å². The Morgan fingerprint density at radius 1 is 1.33 bits per heavy atom. The lowest BCUT2D eigenvalue weighted by atomic mass is 9.71. The second-order valence-electron chi connectivity index (χ2n) is 7.77. The van der Waals surface area contributed by atoms with Crippen molar-refractivity contribution in [2.75, 3.05) is 26.2 Å². The fraction of sp³-hybridized carbons (Fsp3) is 0.500. The van der Waals surface area contributed by atoms with Crippen LogP contribution >= 0.6 is 11.6 Å². The minimum Gasteiger partial charge on any atom is -0.448 e. The van der Waals surface area contributed by atoms with Gasteiger partial charge >= 0.3 is 0 Å². The van der Waals surface area contributed by atoms with E-state index in [1.165, 1.54) is 0 Å². The molecule has 1 N–H and O–H groups in total. The number of rotatable bonds is 3. The number of pyridine rings is 1. The van der Waals surface area contributed by atoms with Gasteiger partial charge in [0.15, 0.2) is 5.22 Å². The van der Waals surface area contributed by atoms with Crippen LogP contribution in [0.1, 0.15) is 35.4 Å². The minimum atomic E-state index is -0.477. The summed E-state index contributed by atoms with van der Waals surface area (Å²) in [6, 6.07) is 7.22. The van der Waals surface area contributed by atoms with Crippen LogP contribution in [0.4, 0.5) is 0 Å². The molecule has 2 fully saturated rings. The molecule has 1 atom stereocenters. The second kappa shape index (κ2) is 7.62. The van der Waals surface area contributed by atoms with E-state index in [4.69, 9.17) is 16.0 Å². The molecule has 2 aromatic rings. The van der Waals surface area contributed by atoms with Crippen molar-refractivity contribution >= 4 is 17.5 Å². The van der Waals surface area contributed by atoms with Crippen molar-refractivity contribution in [3.63, 3.8) is 0 Å². The Morgan fingerprint density at radius 2 is 2.15 bits per heavy atom. The predicted molar refractivity (Wildman–Crippen MR) is 101 cm³/mol. The first-order chi connectivity index (χ1) is 13.0. The molecule has 4 rings (SSSR count). The van der Waals surface area contributed by atoms with Crippen LogP contribution in [0.2, 0.25) is 5.22 Å². The number of likely N-dealkylation sites (tertiary alicyclic amines) is 2. The summed E-state index contributed by atoms with van der Waals surface area (Å²) in [6.45, 7) is 3.66. The molecule has 2 aliphatic rings. The summed E-state index contributed by atoms with van der Waals surface area (Å²) < 4.78 is 5.46. The number of carbonyl (C=O) groups excluding carboxylic acids is 1. The van der Waals surface area contributed by atoms with Crippen LogP contribution in [0.3, 0.4) is 0 Å². The number of nitrogens with zero attached hydrogens (tertiary/aromatic N) is 3. The van der Waals surface area contributed by atoms with E-state index in [1.54, 1.807) is 35.5 Å². The highest BCUT2D eigenvalue weighted by atomic mass is 35.5. The highest BCUT2D eigenvalue weighted by molar-refractivity contribution is 6.28. The number of piperidine rings is 2. The lowest BCUT2D eigenvalue weighted by Gasteiger charge is -2.49. The van der Waals surface area contributed by atoms with Crippen molar-refractivity contribution in [1.29, 1.82) is 0 Å². The zero-order chi connectivity index (χ0) is 18.9. The van der Waals surface area contributed by atoms with E-state index in [0.29, 0.717) is 23.9 Å². The fourth-order valence-electron chi connectivity index (χ4n) is 4.38. The van der Waals surface area contributed by atoms with E-state index in [0.717, 1.165) is 44.7 Å². The lowest BCUT2D eigenvalue weighted by Crippen LogP contribution is -2.55. The molecule has 4 heterocycles. The van der Waals surface area contributed by atoms with Crippen LogP contribution in [-0.4, -0.2) is 58.1 Å². The molecule has 1 spiro atoms. The molecule has 1 unspecified atom stereocenters. The standard InChI is InChI=1S/C20H24ClN3O3/c21-18-4-3-17(27-18)13-23-8-5-20(6-9-23)10-16(25)12-24(14-20)19(26)15-2-1-7-22-11-15/h1-4,7,11,16,25H,5-6,8-10,12-14H2. The molecule has 0 bridgehead atoms. The first-order valence-corrected chi connectivity index (χ1v) is 9.75. The van der Waals surface area contributed by atoms with Crippen LogP contribution in [0.5, 0.6) is 0 Å². The van der Waals surface area contributed by atoms with Gasteiger partial charge in [-0.25, -0.2) is 0 Å². The van der Waals surface area contributed by atoms with Crippen molar-refractivity contribution in [2.24, 2.45) is 5.41 Å². The molecule has 0 aromatic carbocycles. The van der Waals surface area contributed by atoms with Crippen LogP contribution in [-0.2, 0) is 6.54 Å². The number of hydrogen-bond donors (Lipinski definition) is 1. The van der Waals surface area contributed by atoms with Gasteiger partial charge in [-0.3, -0.25) is 14.7 Å². The number of halogens is 1. The van der Waals surface area contributed by atoms with Crippen molar-refractivity contribution in [2.45, 2.75) is 31.9 Å². The molecule has 144 valence electrons. The zero-order valence-corrected chi connectivity index (χ0v) is 15.9. The molecule has 7 heteroatoms. The first-order valence-electron chi connectivity index (χ1n) is 9.37. The molecule has 1 amide bonds. The van der Waals surface area contributed by atoms with Crippen molar-refractivity contribution in [1.82, 2.24) is 14.8 Å². The number of furan rings is 1. The topological polar surface area (TPSA) is 69.8 Å². The molecule has 27 heavy (non-hydrogen) atoms. The maximum atomic E-state index is 12.8. The van der Waals surface area contributed by atoms with Gasteiger partial charge in [-0.2, -0.15) is 0 Å². The second-order valence-corrected chi connectivity index (χ2v) is 8.14. The Morgan fingerprint density at radius 3 is 2.81 bits per heavy atom. The van der Waals surface area contributed by atoms with E-state index < -0.39 is 6.10 Å². The van der Waals surface area contributed by atoms with Crippen LogP contribution in [0, 0.1) is 5.41 Å². The summed E-state index contributed by atoms with van der Waals surface area (Å²) in [5.74, 6) is 0.821. The predicted octanol–water partition coefficient (Wildman–Crippen LogP) is 2.82. The molecule has 0 saturated carbocycles. The van der Waals surface area contributed by atoms with Gasteiger partial charge in [0.05, 0.1) is 18.2 Å². The highest BCUT2D eigenvalue weighted by Gasteiger charge is 2.43. The molecule has 6 nitrogen and oxygen atoms in total. The fourth-order valence-corrected chi connectivity index (χ4v) is 4.55. The zero-order valence-electron chi connectivity index (χ0n) is 15.2. The number of hydrogen-bond acceptors (Lipinski definition) is 5. The number of aliphatic hydroxyl groups excluding tert-OH is 1. The Bertz CT molecular complexity index is 787. The molecule has 2 aliphatic heterocycles. The molecule has 0 radical (unpaired) electrons. The monoisotopic (exact) mass is 389 g/mol. The van der Waals surface area contributed by atoms with Crippen molar-refractivity contribution in [3.8, 4) is 0 Å². The average molecular weight is 390 g/mol. The average Bonchev–Trinajstić information content (AvgIpc) is 3.08. The van der Waals surface area contributed by atoms with E-state index >= 15 is 0 Å². The van der Waals surface area contributed by atoms with Gasteiger partial charge in [0.2, 0.25) is 0 Å². The first kappa shape index (κ1) is 18.5. The maximum Gasteiger partial charge on any atom is 0.255 e. The van der Waals surface area contributed by atoms with E-state index in [-0.39, 0.29) is 11.3 Å². The number of carbonyl (C=O) groups is 1. The van der Waals surface area contributed by atoms with E-state index in [9.17, 15) is 9.90 Å². The number of amides is 1. The Labute approximate surface area is 163 Å². The minimum absolute atomic E-state index is 0.0210. The molecular formula is C20H24ClN3O3. The van der Waals surface area contributed by atoms with Gasteiger partial charge in [0.25, 0.3) is 5.91 Å². The highest BCUT2D eigenvalue weighted by Crippen LogP contribution is 2.40. The lowest BCUT2D eigenvalue weighted by molar-refractivity contribution is -0.0343. The Balaban J connectivity index is 1.40. The summed E-state index contributed by atoms with van der Waals surface area (Å²) in [4.78, 5) is 21.0. The van der Waals surface area contributed by atoms with E-state index in [1.807, 2.05) is 6.07 Å². The smallest absolute Gasteiger partial charge is 0.255 e. The largest absolute Gasteiger partial charge is 0.448 e. The van der Waals surface area contributed by atoms with Crippen LogP contribution in [0.15, 0.2) is 41.1 Å². The number of aliphatic hydroxyl groups is 1. The summed E-state index contributed by atoms with van der Waals surface area (Å²) in [7, 11) is 0. The normalized spacial score (nSPS) is 22.9. The summed E-state index contributed by atoms with van der Waals surface area (Å²) >= 11 is 5.85. The SMILES string of the molecule is O=C(c1cccnc1)N1CC(O)CC2(CCN(Cc3ccc(Cl)o3)CC2)C1. The quantitative estimate of drug-likeness (QED) is 0.874. The molecular weight excluding hydrogens is 366 g/mol. The summed E-state index contributed by atoms with van der Waals surface area (Å²) in [5, 5.41) is 10.9. The number of aromatic nitrogens is 1. The van der Waals surface area contributed by atoms with Gasteiger partial charge in [0.1, 0.15) is 5.76 Å². The van der Waals surface area contributed by atoms with E-state index in [2.05, 4.69) is 9.88 Å². The maximum absolute atomic E-state index is 12.8. The van der Waals surface area contributed by atoms with Crippen LogP contribution in [0.25, 0.3) is 0 Å². The van der Waals surface area contributed by atoms with Gasteiger partial charge in [0, 0.05) is 25.5 Å². The molecule has 0 aliphatic carbocycles. The van der Waals surface area contributed by atoms with Crippen molar-refractivity contribution < 1.29 is 14.3 Å². The van der Waals surface area contributed by atoms with Gasteiger partial charge < -0.3 is 14.4 Å². The molecule has 2 saturated heterocycles. The third-order valence-corrected chi connectivity index (χ3v) is 5.95. The Hall–Kier alpha value is -1.89. The summed E-state index contributed by atoms with van der Waals surface area (Å²) in [6.07, 6.45) is 5.43. The van der Waals surface area contributed by atoms with Crippen molar-refractivity contribution in [3.05, 3.63) is 53.2 Å².